The fraction of sp³-hybridized carbons (Fsp3) is 0.200. The molecule has 1 rings (SSSR count). The third-order valence-corrected chi connectivity index (χ3v) is 1.35. The molecule has 0 bridgehead atoms. The first-order valence-electron chi connectivity index (χ1n) is 3.02. The van der Waals surface area contributed by atoms with Gasteiger partial charge in [0.1, 0.15) is 23.3 Å². The van der Waals surface area contributed by atoms with Gasteiger partial charge in [-0.05, 0) is 12.2 Å². The third-order valence-electron chi connectivity index (χ3n) is 1.35. The Kier molecular flexibility index (Phi) is 5.58. The average molecular weight is 190 g/mol. The molecule has 0 aromatic heterocycles. The van der Waals surface area contributed by atoms with Crippen molar-refractivity contribution in [2.24, 2.45) is 0 Å². The smallest absolute Gasteiger partial charge is 0.197 e. The molecule has 14 heavy (non-hydrogen) atoms. The van der Waals surface area contributed by atoms with Crippen LogP contribution >= 0.6 is 0 Å². The molecule has 0 radical (unpaired) electrons. The minimum absolute atomic E-state index is 0. The molecular weight excluding hydrogens is 180 g/mol. The van der Waals surface area contributed by atoms with Gasteiger partial charge in [0, 0.05) is 0 Å². The number of hydrogen-bond donors (Lipinski definition) is 0. The van der Waals surface area contributed by atoms with Crippen molar-refractivity contribution in [3.8, 4) is 12.1 Å². The lowest BCUT2D eigenvalue weighted by molar-refractivity contribution is -0.114. The highest BCUT2D eigenvalue weighted by molar-refractivity contribution is 6.23. The molecule has 0 spiro atoms. The van der Waals surface area contributed by atoms with E-state index in [2.05, 4.69) is 0 Å². The summed E-state index contributed by atoms with van der Waals surface area (Å²) in [5.74, 6) is -1.18. The summed E-state index contributed by atoms with van der Waals surface area (Å²) >= 11 is 0. The molecule has 0 aromatic carbocycles. The van der Waals surface area contributed by atoms with Crippen LogP contribution in [0.15, 0.2) is 23.3 Å². The first-order valence-corrected chi connectivity index (χ1v) is 3.02. The number of nitrogens with zero attached hydrogens (tertiary/aromatic N) is 2. The van der Waals surface area contributed by atoms with Crippen LogP contribution in [0.1, 0.15) is 14.9 Å². The van der Waals surface area contributed by atoms with E-state index in [1.165, 1.54) is 12.1 Å². The van der Waals surface area contributed by atoms with Crippen LogP contribution in [0.3, 0.4) is 0 Å². The van der Waals surface area contributed by atoms with Crippen LogP contribution < -0.4 is 0 Å². The Morgan fingerprint density at radius 2 is 1.14 bits per heavy atom. The maximum Gasteiger partial charge on any atom is 0.197 e. The number of carbonyl (C=O) groups is 2. The standard InChI is InChI=1S/C8H2N2O2.2CH4/c9-3-5-6(4-10)8(12)2-1-7(5)11;;/h1-2H;2*1H4. The van der Waals surface area contributed by atoms with Gasteiger partial charge in [0.05, 0.1) is 0 Å². The van der Waals surface area contributed by atoms with Gasteiger partial charge in [-0.15, -0.1) is 0 Å². The van der Waals surface area contributed by atoms with Crippen molar-refractivity contribution in [3.63, 3.8) is 0 Å². The minimum atomic E-state index is -0.589. The maximum atomic E-state index is 10.9. The van der Waals surface area contributed by atoms with Gasteiger partial charge in [0.15, 0.2) is 11.6 Å². The summed E-state index contributed by atoms with van der Waals surface area (Å²) in [6.07, 6.45) is 1.98. The molecule has 72 valence electrons. The van der Waals surface area contributed by atoms with E-state index in [1.807, 2.05) is 0 Å². The number of ketones is 2. The number of allylic oxidation sites excluding steroid dienone is 4. The van der Waals surface area contributed by atoms with Gasteiger partial charge in [-0.3, -0.25) is 9.59 Å². The van der Waals surface area contributed by atoms with Crippen LogP contribution in [-0.2, 0) is 9.59 Å². The molecule has 0 aliphatic heterocycles. The molecule has 1 aliphatic rings. The molecule has 0 amide bonds. The van der Waals surface area contributed by atoms with Gasteiger partial charge in [-0.2, -0.15) is 10.5 Å². The Morgan fingerprint density at radius 3 is 1.36 bits per heavy atom. The van der Waals surface area contributed by atoms with Crippen molar-refractivity contribution in [3.05, 3.63) is 23.3 Å². The Labute approximate surface area is 82.8 Å². The van der Waals surface area contributed by atoms with E-state index in [4.69, 9.17) is 10.5 Å². The van der Waals surface area contributed by atoms with E-state index in [1.54, 1.807) is 0 Å². The fourth-order valence-corrected chi connectivity index (χ4v) is 0.786. The predicted octanol–water partition coefficient (Wildman–Crippen LogP) is 1.31. The summed E-state index contributed by atoms with van der Waals surface area (Å²) in [5.41, 5.74) is -0.741. The molecule has 0 saturated heterocycles. The minimum Gasteiger partial charge on any atom is -0.288 e. The number of rotatable bonds is 0. The summed E-state index contributed by atoms with van der Waals surface area (Å²) in [7, 11) is 0. The van der Waals surface area contributed by atoms with Crippen molar-refractivity contribution in [2.75, 3.05) is 0 Å². The van der Waals surface area contributed by atoms with Gasteiger partial charge in [0.2, 0.25) is 0 Å². The molecule has 0 unspecified atom stereocenters. The molecular formula is C10H10N2O2. The summed E-state index contributed by atoms with van der Waals surface area (Å²) in [6.45, 7) is 0. The quantitative estimate of drug-likeness (QED) is 0.539. The maximum absolute atomic E-state index is 10.9. The molecule has 0 fully saturated rings. The van der Waals surface area contributed by atoms with Crippen molar-refractivity contribution < 1.29 is 9.59 Å². The molecule has 0 aromatic rings. The number of carbonyl (C=O) groups excluding carboxylic acids is 2. The molecule has 1 aliphatic carbocycles. The largest absolute Gasteiger partial charge is 0.288 e. The second-order valence-electron chi connectivity index (χ2n) is 2.04. The van der Waals surface area contributed by atoms with Crippen LogP contribution in [0.5, 0.6) is 0 Å². The van der Waals surface area contributed by atoms with Crippen molar-refractivity contribution in [1.82, 2.24) is 0 Å². The molecule has 0 N–H and O–H groups in total. The van der Waals surface area contributed by atoms with Crippen LogP contribution in [0.25, 0.3) is 0 Å². The van der Waals surface area contributed by atoms with Gasteiger partial charge < -0.3 is 0 Å². The van der Waals surface area contributed by atoms with Crippen molar-refractivity contribution in [1.29, 1.82) is 10.5 Å². The van der Waals surface area contributed by atoms with E-state index >= 15 is 0 Å². The Bertz CT molecular complexity index is 365. The van der Waals surface area contributed by atoms with Gasteiger partial charge >= 0.3 is 0 Å². The highest BCUT2D eigenvalue weighted by Gasteiger charge is 2.21. The average Bonchev–Trinajstić information content (AvgIpc) is 2.08. The lowest BCUT2D eigenvalue weighted by atomic mass is 9.97. The summed E-state index contributed by atoms with van der Waals surface area (Å²) in [4.78, 5) is 21.7. The van der Waals surface area contributed by atoms with Gasteiger partial charge in [0.25, 0.3) is 0 Å². The van der Waals surface area contributed by atoms with E-state index in [-0.39, 0.29) is 26.0 Å². The molecule has 0 saturated carbocycles. The zero-order valence-electron chi connectivity index (χ0n) is 5.87. The SMILES string of the molecule is C.C.N#CC1=C(C#N)C(=O)C=CC1=O. The van der Waals surface area contributed by atoms with Crippen molar-refractivity contribution in [2.45, 2.75) is 14.9 Å². The second-order valence-corrected chi connectivity index (χ2v) is 2.04. The zero-order valence-corrected chi connectivity index (χ0v) is 5.87. The third kappa shape index (κ3) is 2.15. The molecule has 0 atom stereocenters. The van der Waals surface area contributed by atoms with E-state index in [0.717, 1.165) is 12.2 Å². The predicted molar refractivity (Wildman–Crippen MR) is 50.9 cm³/mol. The van der Waals surface area contributed by atoms with Crippen LogP contribution in [0, 0.1) is 22.7 Å². The monoisotopic (exact) mass is 190 g/mol. The fourth-order valence-electron chi connectivity index (χ4n) is 0.786. The van der Waals surface area contributed by atoms with E-state index in [9.17, 15) is 9.59 Å². The number of hydrogen-bond acceptors (Lipinski definition) is 4. The normalized spacial score (nSPS) is 13.6. The highest BCUT2D eigenvalue weighted by Crippen LogP contribution is 2.11. The molecule has 0 heterocycles. The molecule has 4 nitrogen and oxygen atoms in total. The highest BCUT2D eigenvalue weighted by atomic mass is 16.1. The summed E-state index contributed by atoms with van der Waals surface area (Å²) < 4.78 is 0. The number of nitriles is 2. The summed E-state index contributed by atoms with van der Waals surface area (Å²) in [6, 6.07) is 3.04. The van der Waals surface area contributed by atoms with Gasteiger partial charge in [-0.1, -0.05) is 14.9 Å². The van der Waals surface area contributed by atoms with Crippen LogP contribution in [-0.4, -0.2) is 11.6 Å². The lowest BCUT2D eigenvalue weighted by Crippen LogP contribution is -2.12. The Hall–Kier alpha value is -2.20. The van der Waals surface area contributed by atoms with Crippen molar-refractivity contribution >= 4 is 11.6 Å². The van der Waals surface area contributed by atoms with E-state index < -0.39 is 11.6 Å². The van der Waals surface area contributed by atoms with E-state index in [0.29, 0.717) is 0 Å². The zero-order chi connectivity index (χ0) is 9.14. The second kappa shape index (κ2) is 5.45. The first-order chi connectivity index (χ1) is 5.70. The topological polar surface area (TPSA) is 81.7 Å². The molecule has 4 heteroatoms. The Balaban J connectivity index is 0. The summed E-state index contributed by atoms with van der Waals surface area (Å²) in [5, 5.41) is 16.8. The van der Waals surface area contributed by atoms with Crippen LogP contribution in [0.4, 0.5) is 0 Å². The lowest BCUT2D eigenvalue weighted by Gasteiger charge is -2.00. The van der Waals surface area contributed by atoms with Gasteiger partial charge in [-0.25, -0.2) is 0 Å². The Morgan fingerprint density at radius 1 is 0.857 bits per heavy atom. The van der Waals surface area contributed by atoms with Crippen LogP contribution in [0.2, 0.25) is 0 Å². The first kappa shape index (κ1) is 14.3.